The van der Waals surface area contributed by atoms with Gasteiger partial charge < -0.3 is 9.84 Å². The molecule has 3 nitrogen and oxygen atoms in total. The van der Waals surface area contributed by atoms with Crippen LogP contribution in [0.5, 0.6) is 0 Å². The Morgan fingerprint density at radius 2 is 1.58 bits per heavy atom. The first kappa shape index (κ1) is 16.3. The summed E-state index contributed by atoms with van der Waals surface area (Å²) in [7, 11) is 0. The van der Waals surface area contributed by atoms with Crippen LogP contribution in [-0.2, 0) is 4.74 Å². The summed E-state index contributed by atoms with van der Waals surface area (Å²) in [6.45, 7) is 4.34. The second kappa shape index (κ2) is 7.35. The van der Waals surface area contributed by atoms with Crippen molar-refractivity contribution in [2.24, 2.45) is 5.92 Å². The van der Waals surface area contributed by atoms with Crippen LogP contribution in [0.4, 0.5) is 0 Å². The van der Waals surface area contributed by atoms with Gasteiger partial charge in [-0.05, 0) is 11.5 Å². The van der Waals surface area contributed by atoms with Gasteiger partial charge in [-0.15, -0.1) is 0 Å². The predicted octanol–water partition coefficient (Wildman–Crippen LogP) is 3.79. The summed E-state index contributed by atoms with van der Waals surface area (Å²) in [5.74, 6) is 0.235. The zero-order chi connectivity index (χ0) is 16.9. The molecule has 0 saturated heterocycles. The van der Waals surface area contributed by atoms with Crippen molar-refractivity contribution in [1.82, 2.24) is 0 Å². The summed E-state index contributed by atoms with van der Waals surface area (Å²) in [6.07, 6.45) is 4.27. The average Bonchev–Trinajstić information content (AvgIpc) is 2.61. The zero-order valence-corrected chi connectivity index (χ0v) is 14.1. The highest BCUT2D eigenvalue weighted by Gasteiger charge is 2.34. The quantitative estimate of drug-likeness (QED) is 0.803. The fraction of sp³-hybridized carbons (Fsp3) is 0.286. The van der Waals surface area contributed by atoms with Crippen LogP contribution < -0.4 is 5.11 Å². The van der Waals surface area contributed by atoms with E-state index in [1.54, 1.807) is 6.20 Å². The van der Waals surface area contributed by atoms with E-state index < -0.39 is 0 Å². The molecule has 0 amide bonds. The monoisotopic (exact) mass is 321 g/mol. The van der Waals surface area contributed by atoms with Crippen LogP contribution >= 0.6 is 0 Å². The summed E-state index contributed by atoms with van der Waals surface area (Å²) in [6, 6.07) is 20.1. The SMILES string of the molecule is CC(C)CC=[N+]1C=C([O-])O[C@@H](c2ccccc2)[C@H]1c1ccccc1. The number of rotatable bonds is 4. The van der Waals surface area contributed by atoms with Crippen molar-refractivity contribution >= 4 is 6.21 Å². The molecule has 0 spiro atoms. The molecule has 2 aromatic rings. The lowest BCUT2D eigenvalue weighted by molar-refractivity contribution is -0.555. The molecule has 0 radical (unpaired) electrons. The third-order valence-corrected chi connectivity index (χ3v) is 4.16. The van der Waals surface area contributed by atoms with Gasteiger partial charge in [0.05, 0.1) is 6.10 Å². The van der Waals surface area contributed by atoms with E-state index >= 15 is 0 Å². The van der Waals surface area contributed by atoms with Gasteiger partial charge in [0.25, 0.3) is 0 Å². The van der Waals surface area contributed by atoms with Crippen LogP contribution in [0.2, 0.25) is 0 Å². The van der Waals surface area contributed by atoms with E-state index in [0.717, 1.165) is 17.5 Å². The standard InChI is InChI=1S/C21H23NO2/c1-16(2)13-14-22-15-19(23)24-21(18-11-7-4-8-12-18)20(22)17-9-5-3-6-10-17/h3-12,14-16,20-21H,13H2,1-2H3/t20-,21+/m1/s1. The third-order valence-electron chi connectivity index (χ3n) is 4.16. The second-order valence-corrected chi connectivity index (χ2v) is 6.51. The van der Waals surface area contributed by atoms with Gasteiger partial charge in [-0.3, -0.25) is 0 Å². The summed E-state index contributed by atoms with van der Waals surface area (Å²) < 4.78 is 7.75. The number of hydrogen-bond donors (Lipinski definition) is 0. The molecule has 3 rings (SSSR count). The van der Waals surface area contributed by atoms with Gasteiger partial charge in [-0.1, -0.05) is 74.5 Å². The first-order valence-corrected chi connectivity index (χ1v) is 8.41. The minimum Gasteiger partial charge on any atom is -0.594 e. The maximum absolute atomic E-state index is 12.1. The van der Waals surface area contributed by atoms with E-state index in [0.29, 0.717) is 5.92 Å². The fourth-order valence-corrected chi connectivity index (χ4v) is 2.97. The highest BCUT2D eigenvalue weighted by molar-refractivity contribution is 5.52. The van der Waals surface area contributed by atoms with E-state index in [1.165, 1.54) is 0 Å². The summed E-state index contributed by atoms with van der Waals surface area (Å²) in [5, 5.41) is 12.1. The topological polar surface area (TPSA) is 35.3 Å². The predicted molar refractivity (Wildman–Crippen MR) is 93.3 cm³/mol. The molecule has 0 unspecified atom stereocenters. The van der Waals surface area contributed by atoms with Crippen LogP contribution in [0.25, 0.3) is 0 Å². The Morgan fingerprint density at radius 1 is 1.00 bits per heavy atom. The molecule has 0 bridgehead atoms. The highest BCUT2D eigenvalue weighted by Crippen LogP contribution is 2.38. The van der Waals surface area contributed by atoms with Crippen molar-refractivity contribution in [2.75, 3.05) is 0 Å². The number of benzene rings is 2. The van der Waals surface area contributed by atoms with E-state index in [4.69, 9.17) is 4.74 Å². The first-order valence-electron chi connectivity index (χ1n) is 8.41. The summed E-state index contributed by atoms with van der Waals surface area (Å²) in [5.41, 5.74) is 2.14. The Balaban J connectivity index is 2.07. The third kappa shape index (κ3) is 3.67. The van der Waals surface area contributed by atoms with Crippen LogP contribution in [0.3, 0.4) is 0 Å². The minimum atomic E-state index is -0.325. The molecule has 1 aliphatic heterocycles. The summed E-state index contributed by atoms with van der Waals surface area (Å²) >= 11 is 0. The zero-order valence-electron chi connectivity index (χ0n) is 14.1. The van der Waals surface area contributed by atoms with E-state index in [1.807, 2.05) is 53.1 Å². The van der Waals surface area contributed by atoms with Crippen LogP contribution in [0.1, 0.15) is 43.5 Å². The molecule has 2 atom stereocenters. The molecule has 0 aliphatic carbocycles. The largest absolute Gasteiger partial charge is 0.594 e. The summed E-state index contributed by atoms with van der Waals surface area (Å²) in [4.78, 5) is 0. The lowest BCUT2D eigenvalue weighted by Crippen LogP contribution is -2.32. The maximum atomic E-state index is 12.1. The minimum absolute atomic E-state index is 0.0509. The molecule has 0 aromatic heterocycles. The fourth-order valence-electron chi connectivity index (χ4n) is 2.97. The number of nitrogens with zero attached hydrogens (tertiary/aromatic N) is 1. The second-order valence-electron chi connectivity index (χ2n) is 6.51. The number of hydrogen-bond acceptors (Lipinski definition) is 2. The smallest absolute Gasteiger partial charge is 0.199 e. The molecule has 2 aromatic carbocycles. The van der Waals surface area contributed by atoms with Crippen LogP contribution in [0, 0.1) is 5.92 Å². The Kier molecular flexibility index (Phi) is 4.99. The van der Waals surface area contributed by atoms with E-state index in [2.05, 4.69) is 32.2 Å². The number of ether oxygens (including phenoxy) is 1. The molecule has 24 heavy (non-hydrogen) atoms. The highest BCUT2D eigenvalue weighted by atomic mass is 16.6. The Hall–Kier alpha value is -2.55. The molecule has 1 heterocycles. The van der Waals surface area contributed by atoms with Gasteiger partial charge in [0.1, 0.15) is 12.2 Å². The normalized spacial score (nSPS) is 22.3. The lowest BCUT2D eigenvalue weighted by Gasteiger charge is -2.35. The molecule has 0 fully saturated rings. The Labute approximate surface area is 143 Å². The van der Waals surface area contributed by atoms with Gasteiger partial charge in [0, 0.05) is 12.0 Å². The van der Waals surface area contributed by atoms with Crippen molar-refractivity contribution in [3.63, 3.8) is 0 Å². The van der Waals surface area contributed by atoms with Gasteiger partial charge in [0.15, 0.2) is 12.2 Å². The van der Waals surface area contributed by atoms with Crippen LogP contribution in [0.15, 0.2) is 72.8 Å². The average molecular weight is 321 g/mol. The maximum Gasteiger partial charge on any atom is 0.199 e. The molecule has 0 N–H and O–H groups in total. The van der Waals surface area contributed by atoms with Crippen molar-refractivity contribution in [3.8, 4) is 0 Å². The van der Waals surface area contributed by atoms with Gasteiger partial charge in [-0.2, -0.15) is 4.58 Å². The Bertz CT molecular complexity index is 720. The first-order chi connectivity index (χ1) is 11.6. The molecule has 3 heteroatoms. The van der Waals surface area contributed by atoms with Gasteiger partial charge in [-0.25, -0.2) is 0 Å². The molecular weight excluding hydrogens is 298 g/mol. The molecule has 124 valence electrons. The van der Waals surface area contributed by atoms with Gasteiger partial charge >= 0.3 is 0 Å². The van der Waals surface area contributed by atoms with E-state index in [9.17, 15) is 5.11 Å². The molecular formula is C21H23NO2. The Morgan fingerprint density at radius 3 is 2.17 bits per heavy atom. The van der Waals surface area contributed by atoms with Crippen molar-refractivity contribution < 1.29 is 14.4 Å². The van der Waals surface area contributed by atoms with Crippen LogP contribution in [-0.4, -0.2) is 10.8 Å². The molecule has 1 aliphatic rings. The van der Waals surface area contributed by atoms with Crippen molar-refractivity contribution in [2.45, 2.75) is 32.4 Å². The van der Waals surface area contributed by atoms with Crippen molar-refractivity contribution in [1.29, 1.82) is 0 Å². The molecule has 0 saturated carbocycles. The lowest BCUT2D eigenvalue weighted by atomic mass is 9.94. The van der Waals surface area contributed by atoms with E-state index in [-0.39, 0.29) is 18.1 Å². The van der Waals surface area contributed by atoms with Gasteiger partial charge in [0.2, 0.25) is 0 Å². The van der Waals surface area contributed by atoms with Crippen molar-refractivity contribution in [3.05, 3.63) is 83.9 Å².